The van der Waals surface area contributed by atoms with Crippen LogP contribution < -0.4 is 5.32 Å². The molecule has 0 saturated carbocycles. The molecule has 2 aromatic rings. The van der Waals surface area contributed by atoms with Gasteiger partial charge in [-0.1, -0.05) is 31.2 Å². The van der Waals surface area contributed by atoms with Crippen LogP contribution in [0, 0.1) is 0 Å². The first kappa shape index (κ1) is 12.7. The predicted molar refractivity (Wildman–Crippen MR) is 75.4 cm³/mol. The van der Waals surface area contributed by atoms with Crippen molar-refractivity contribution in [3.63, 3.8) is 0 Å². The van der Waals surface area contributed by atoms with Crippen LogP contribution in [0.15, 0.2) is 42.6 Å². The number of rotatable bonds is 5. The molecule has 0 bridgehead atoms. The standard InChI is InChI=1S/C15H19N3/c1-4-9-16-15(11(2)3)14-10-17-12-7-5-6-8-13(12)18-14/h5-8,10,15-16H,2,4,9H2,1,3H3. The Morgan fingerprint density at radius 2 is 2.06 bits per heavy atom. The number of para-hydroxylation sites is 2. The number of nitrogens with zero attached hydrogens (tertiary/aromatic N) is 2. The zero-order valence-corrected chi connectivity index (χ0v) is 11.0. The van der Waals surface area contributed by atoms with Crippen molar-refractivity contribution in [2.45, 2.75) is 26.3 Å². The van der Waals surface area contributed by atoms with Gasteiger partial charge in [-0.2, -0.15) is 0 Å². The van der Waals surface area contributed by atoms with Crippen LogP contribution in [-0.2, 0) is 0 Å². The largest absolute Gasteiger partial charge is 0.305 e. The second-order valence-electron chi connectivity index (χ2n) is 4.52. The highest BCUT2D eigenvalue weighted by molar-refractivity contribution is 5.73. The lowest BCUT2D eigenvalue weighted by Crippen LogP contribution is -2.23. The van der Waals surface area contributed by atoms with Crippen molar-refractivity contribution in [2.75, 3.05) is 6.54 Å². The summed E-state index contributed by atoms with van der Waals surface area (Å²) >= 11 is 0. The zero-order chi connectivity index (χ0) is 13.0. The first-order chi connectivity index (χ1) is 8.72. The third-order valence-corrected chi connectivity index (χ3v) is 2.85. The van der Waals surface area contributed by atoms with Crippen molar-refractivity contribution in [3.8, 4) is 0 Å². The summed E-state index contributed by atoms with van der Waals surface area (Å²) in [4.78, 5) is 9.11. The highest BCUT2D eigenvalue weighted by Crippen LogP contribution is 2.19. The Balaban J connectivity index is 2.35. The molecular weight excluding hydrogens is 222 g/mol. The number of benzene rings is 1. The summed E-state index contributed by atoms with van der Waals surface area (Å²) in [6, 6.07) is 8.00. The highest BCUT2D eigenvalue weighted by atomic mass is 15.0. The molecule has 1 unspecified atom stereocenters. The van der Waals surface area contributed by atoms with E-state index < -0.39 is 0 Å². The average molecular weight is 241 g/mol. The normalized spacial score (nSPS) is 12.6. The molecule has 0 radical (unpaired) electrons. The van der Waals surface area contributed by atoms with E-state index in [0.29, 0.717) is 0 Å². The van der Waals surface area contributed by atoms with Crippen molar-refractivity contribution in [1.82, 2.24) is 15.3 Å². The minimum Gasteiger partial charge on any atom is -0.305 e. The maximum Gasteiger partial charge on any atom is 0.0890 e. The summed E-state index contributed by atoms with van der Waals surface area (Å²) in [5.74, 6) is 0. The molecule has 0 fully saturated rings. The van der Waals surface area contributed by atoms with Gasteiger partial charge in [-0.05, 0) is 32.0 Å². The molecule has 0 aliphatic heterocycles. The molecule has 3 nitrogen and oxygen atoms in total. The van der Waals surface area contributed by atoms with Gasteiger partial charge in [0.15, 0.2) is 0 Å². The van der Waals surface area contributed by atoms with Gasteiger partial charge in [-0.25, -0.2) is 4.98 Å². The van der Waals surface area contributed by atoms with Crippen LogP contribution in [0.1, 0.15) is 32.0 Å². The van der Waals surface area contributed by atoms with Gasteiger partial charge in [-0.3, -0.25) is 4.98 Å². The van der Waals surface area contributed by atoms with Gasteiger partial charge in [0.2, 0.25) is 0 Å². The fourth-order valence-electron chi connectivity index (χ4n) is 1.93. The first-order valence-electron chi connectivity index (χ1n) is 6.33. The van der Waals surface area contributed by atoms with Crippen LogP contribution in [0.4, 0.5) is 0 Å². The monoisotopic (exact) mass is 241 g/mol. The lowest BCUT2D eigenvalue weighted by Gasteiger charge is -2.18. The SMILES string of the molecule is C=C(C)C(NCCC)c1cnc2ccccc2n1. The van der Waals surface area contributed by atoms with Crippen molar-refractivity contribution in [3.05, 3.63) is 48.3 Å². The maximum absolute atomic E-state index is 4.66. The van der Waals surface area contributed by atoms with Gasteiger partial charge in [0.05, 0.1) is 29.0 Å². The van der Waals surface area contributed by atoms with Crippen LogP contribution in [0.25, 0.3) is 11.0 Å². The summed E-state index contributed by atoms with van der Waals surface area (Å²) in [6.45, 7) is 9.15. The van der Waals surface area contributed by atoms with E-state index in [4.69, 9.17) is 0 Å². The lowest BCUT2D eigenvalue weighted by atomic mass is 10.1. The van der Waals surface area contributed by atoms with E-state index in [1.807, 2.05) is 37.4 Å². The second-order valence-corrected chi connectivity index (χ2v) is 4.52. The van der Waals surface area contributed by atoms with E-state index in [1.165, 1.54) is 0 Å². The van der Waals surface area contributed by atoms with Crippen LogP contribution in [-0.4, -0.2) is 16.5 Å². The zero-order valence-electron chi connectivity index (χ0n) is 11.0. The molecule has 0 aliphatic rings. The molecule has 1 aromatic carbocycles. The summed E-state index contributed by atoms with van der Waals surface area (Å²) in [5.41, 5.74) is 3.86. The lowest BCUT2D eigenvalue weighted by molar-refractivity contribution is 0.579. The van der Waals surface area contributed by atoms with E-state index >= 15 is 0 Å². The van der Waals surface area contributed by atoms with Crippen LogP contribution >= 0.6 is 0 Å². The molecule has 3 heteroatoms. The molecular formula is C15H19N3. The smallest absolute Gasteiger partial charge is 0.0890 e. The molecule has 94 valence electrons. The van der Waals surface area contributed by atoms with Gasteiger partial charge in [0.25, 0.3) is 0 Å². The Morgan fingerprint density at radius 3 is 2.72 bits per heavy atom. The van der Waals surface area contributed by atoms with Gasteiger partial charge >= 0.3 is 0 Å². The van der Waals surface area contributed by atoms with Gasteiger partial charge in [0, 0.05) is 0 Å². The predicted octanol–water partition coefficient (Wildman–Crippen LogP) is 3.25. The fourth-order valence-corrected chi connectivity index (χ4v) is 1.93. The van der Waals surface area contributed by atoms with Gasteiger partial charge in [-0.15, -0.1) is 0 Å². The summed E-state index contributed by atoms with van der Waals surface area (Å²) in [7, 11) is 0. The number of fused-ring (bicyclic) bond motifs is 1. The molecule has 0 aliphatic carbocycles. The molecule has 1 heterocycles. The van der Waals surface area contributed by atoms with Crippen LogP contribution in [0.5, 0.6) is 0 Å². The number of aromatic nitrogens is 2. The third-order valence-electron chi connectivity index (χ3n) is 2.85. The Kier molecular flexibility index (Phi) is 4.05. The van der Waals surface area contributed by atoms with E-state index in [2.05, 4.69) is 28.8 Å². The molecule has 0 saturated heterocycles. The highest BCUT2D eigenvalue weighted by Gasteiger charge is 2.13. The Hall–Kier alpha value is -1.74. The van der Waals surface area contributed by atoms with E-state index in [0.717, 1.165) is 35.3 Å². The Labute approximate surface area is 108 Å². The molecule has 1 N–H and O–H groups in total. The third kappa shape index (κ3) is 2.74. The van der Waals surface area contributed by atoms with Crippen molar-refractivity contribution >= 4 is 11.0 Å². The van der Waals surface area contributed by atoms with E-state index in [-0.39, 0.29) is 6.04 Å². The van der Waals surface area contributed by atoms with Gasteiger partial charge in [0.1, 0.15) is 0 Å². The summed E-state index contributed by atoms with van der Waals surface area (Å²) < 4.78 is 0. The minimum atomic E-state index is 0.0852. The molecule has 1 aromatic heterocycles. The number of hydrogen-bond donors (Lipinski definition) is 1. The van der Waals surface area contributed by atoms with Gasteiger partial charge < -0.3 is 5.32 Å². The van der Waals surface area contributed by atoms with E-state index in [1.54, 1.807) is 0 Å². The Bertz CT molecular complexity index is 548. The molecule has 18 heavy (non-hydrogen) atoms. The molecule has 0 amide bonds. The number of nitrogens with one attached hydrogen (secondary N) is 1. The molecule has 0 spiro atoms. The van der Waals surface area contributed by atoms with Crippen LogP contribution in [0.2, 0.25) is 0 Å². The quantitative estimate of drug-likeness (QED) is 0.817. The summed E-state index contributed by atoms with van der Waals surface area (Å²) in [6.07, 6.45) is 2.93. The van der Waals surface area contributed by atoms with Crippen molar-refractivity contribution in [1.29, 1.82) is 0 Å². The summed E-state index contributed by atoms with van der Waals surface area (Å²) in [5, 5.41) is 3.45. The Morgan fingerprint density at radius 1 is 1.33 bits per heavy atom. The molecule has 2 rings (SSSR count). The maximum atomic E-state index is 4.66. The topological polar surface area (TPSA) is 37.8 Å². The van der Waals surface area contributed by atoms with Crippen LogP contribution in [0.3, 0.4) is 0 Å². The second kappa shape index (κ2) is 5.74. The first-order valence-corrected chi connectivity index (χ1v) is 6.33. The fraction of sp³-hybridized carbons (Fsp3) is 0.333. The van der Waals surface area contributed by atoms with Crippen molar-refractivity contribution < 1.29 is 0 Å². The number of hydrogen-bond acceptors (Lipinski definition) is 3. The molecule has 1 atom stereocenters. The van der Waals surface area contributed by atoms with E-state index in [9.17, 15) is 0 Å². The average Bonchev–Trinajstić information content (AvgIpc) is 2.38. The van der Waals surface area contributed by atoms with Crippen molar-refractivity contribution in [2.24, 2.45) is 0 Å². The minimum absolute atomic E-state index is 0.0852.